The van der Waals surface area contributed by atoms with E-state index in [4.69, 9.17) is 23.2 Å². The molecule has 2 atom stereocenters. The van der Waals surface area contributed by atoms with Crippen molar-refractivity contribution < 1.29 is 4.79 Å². The first kappa shape index (κ1) is 20.7. The van der Waals surface area contributed by atoms with Gasteiger partial charge >= 0.3 is 0 Å². The predicted octanol–water partition coefficient (Wildman–Crippen LogP) is 3.59. The zero-order chi connectivity index (χ0) is 21.3. The van der Waals surface area contributed by atoms with Crippen LogP contribution >= 0.6 is 23.2 Å². The number of nitrogens with zero attached hydrogens (tertiary/aromatic N) is 5. The number of carbonyl (C=O) groups excluding carboxylic acids is 1. The van der Waals surface area contributed by atoms with Crippen LogP contribution in [0.25, 0.3) is 11.0 Å². The molecule has 1 saturated heterocycles. The Morgan fingerprint density at radius 3 is 2.83 bits per heavy atom. The summed E-state index contributed by atoms with van der Waals surface area (Å²) in [5.74, 6) is 0.847. The molecule has 0 bridgehead atoms. The van der Waals surface area contributed by atoms with Crippen molar-refractivity contribution in [2.75, 3.05) is 30.4 Å². The zero-order valence-corrected chi connectivity index (χ0v) is 18.3. The van der Waals surface area contributed by atoms with Crippen molar-refractivity contribution in [2.45, 2.75) is 31.8 Å². The number of fused-ring (bicyclic) bond motifs is 1. The molecule has 1 aliphatic heterocycles. The molecule has 0 spiro atoms. The normalized spacial score (nSPS) is 19.1. The second-order valence-electron chi connectivity index (χ2n) is 7.49. The summed E-state index contributed by atoms with van der Waals surface area (Å²) >= 11 is 12.1. The lowest BCUT2D eigenvalue weighted by Gasteiger charge is -2.44. The molecule has 3 heterocycles. The molecule has 1 fully saturated rings. The summed E-state index contributed by atoms with van der Waals surface area (Å²) in [6, 6.07) is 5.33. The number of piperidine rings is 1. The van der Waals surface area contributed by atoms with Crippen molar-refractivity contribution in [3.63, 3.8) is 0 Å². The number of carbonyl (C=O) groups is 1. The average Bonchev–Trinajstić information content (AvgIpc) is 3.20. The maximum absolute atomic E-state index is 13.0. The fourth-order valence-corrected chi connectivity index (χ4v) is 4.64. The highest BCUT2D eigenvalue weighted by atomic mass is 35.5. The van der Waals surface area contributed by atoms with Crippen molar-refractivity contribution in [2.24, 2.45) is 0 Å². The van der Waals surface area contributed by atoms with Crippen LogP contribution in [-0.4, -0.2) is 63.2 Å². The molecule has 0 aliphatic carbocycles. The molecule has 3 aromatic rings. The average molecular weight is 448 g/mol. The monoisotopic (exact) mass is 447 g/mol. The Morgan fingerprint density at radius 1 is 1.30 bits per heavy atom. The molecule has 2 aromatic heterocycles. The smallest absolute Gasteiger partial charge is 0.242 e. The van der Waals surface area contributed by atoms with E-state index >= 15 is 0 Å². The van der Waals surface area contributed by atoms with Gasteiger partial charge in [-0.15, -0.1) is 0 Å². The van der Waals surface area contributed by atoms with Crippen molar-refractivity contribution in [1.82, 2.24) is 25.1 Å². The Morgan fingerprint density at radius 2 is 2.07 bits per heavy atom. The van der Waals surface area contributed by atoms with Gasteiger partial charge in [0.1, 0.15) is 12.1 Å². The predicted molar refractivity (Wildman–Crippen MR) is 119 cm³/mol. The third kappa shape index (κ3) is 4.15. The van der Waals surface area contributed by atoms with Gasteiger partial charge in [-0.25, -0.2) is 9.97 Å². The van der Waals surface area contributed by atoms with E-state index in [0.717, 1.165) is 36.3 Å². The molecular weight excluding hydrogens is 425 g/mol. The summed E-state index contributed by atoms with van der Waals surface area (Å²) in [4.78, 5) is 25.7. The van der Waals surface area contributed by atoms with Crippen LogP contribution in [0.4, 0.5) is 11.5 Å². The quantitative estimate of drug-likeness (QED) is 0.620. The summed E-state index contributed by atoms with van der Waals surface area (Å²) in [7, 11) is 2.01. The van der Waals surface area contributed by atoms with Crippen molar-refractivity contribution in [1.29, 1.82) is 0 Å². The first-order valence-electron chi connectivity index (χ1n) is 9.80. The Bertz CT molecular complexity index is 1040. The van der Waals surface area contributed by atoms with E-state index in [1.807, 2.05) is 11.9 Å². The van der Waals surface area contributed by atoms with E-state index in [9.17, 15) is 4.79 Å². The highest BCUT2D eigenvalue weighted by molar-refractivity contribution is 6.35. The van der Waals surface area contributed by atoms with Gasteiger partial charge in [-0.3, -0.25) is 9.89 Å². The number of H-pyrrole nitrogens is 1. The molecular formula is C20H23Cl2N7O. The van der Waals surface area contributed by atoms with Crippen molar-refractivity contribution in [3.05, 3.63) is 40.8 Å². The fourth-order valence-electron chi connectivity index (χ4n) is 4.12. The summed E-state index contributed by atoms with van der Waals surface area (Å²) in [5.41, 5.74) is 1.43. The number of halogens is 2. The number of amides is 1. The van der Waals surface area contributed by atoms with Gasteiger partial charge in [0.2, 0.25) is 5.91 Å². The lowest BCUT2D eigenvalue weighted by molar-refractivity contribution is -0.132. The van der Waals surface area contributed by atoms with Crippen LogP contribution in [0.5, 0.6) is 0 Å². The Labute approximate surface area is 184 Å². The van der Waals surface area contributed by atoms with Gasteiger partial charge in [0.25, 0.3) is 0 Å². The highest BCUT2D eigenvalue weighted by Gasteiger charge is 2.34. The lowest BCUT2D eigenvalue weighted by atomic mass is 9.95. The van der Waals surface area contributed by atoms with Crippen LogP contribution in [0.2, 0.25) is 10.0 Å². The van der Waals surface area contributed by atoms with Gasteiger partial charge < -0.3 is 15.1 Å². The number of likely N-dealkylation sites (N-methyl/N-ethyl adjacent to an activating group) is 1. The van der Waals surface area contributed by atoms with Crippen LogP contribution < -0.4 is 10.2 Å². The number of likely N-dealkylation sites (tertiary alicyclic amines) is 1. The minimum Gasteiger partial charge on any atom is -0.376 e. The molecule has 10 heteroatoms. The SMILES string of the molecule is CC1C(N(C)c2ncnc3[nH]ncc23)CCCN1C(=O)CNc1cc(Cl)cc(Cl)c1. The zero-order valence-electron chi connectivity index (χ0n) is 16.8. The molecule has 158 valence electrons. The second-order valence-corrected chi connectivity index (χ2v) is 8.36. The van der Waals surface area contributed by atoms with E-state index in [0.29, 0.717) is 15.7 Å². The third-order valence-electron chi connectivity index (χ3n) is 5.63. The second kappa shape index (κ2) is 8.65. The van der Waals surface area contributed by atoms with Crippen LogP contribution in [-0.2, 0) is 4.79 Å². The summed E-state index contributed by atoms with van der Waals surface area (Å²) in [6.45, 7) is 2.99. The van der Waals surface area contributed by atoms with Gasteiger partial charge in [0.05, 0.1) is 24.2 Å². The molecule has 0 saturated carbocycles. The maximum atomic E-state index is 13.0. The Balaban J connectivity index is 1.46. The highest BCUT2D eigenvalue weighted by Crippen LogP contribution is 2.28. The molecule has 1 aromatic carbocycles. The fraction of sp³-hybridized carbons (Fsp3) is 0.400. The first-order valence-corrected chi connectivity index (χ1v) is 10.6. The first-order chi connectivity index (χ1) is 14.4. The van der Waals surface area contributed by atoms with E-state index in [-0.39, 0.29) is 24.5 Å². The molecule has 2 N–H and O–H groups in total. The van der Waals surface area contributed by atoms with E-state index in [1.165, 1.54) is 6.33 Å². The molecule has 1 aliphatic rings. The lowest BCUT2D eigenvalue weighted by Crippen LogP contribution is -2.56. The Kier molecular flexibility index (Phi) is 5.97. The summed E-state index contributed by atoms with van der Waals surface area (Å²) in [6.07, 6.45) is 5.16. The minimum absolute atomic E-state index is 0.0258. The van der Waals surface area contributed by atoms with Gasteiger partial charge in [0.15, 0.2) is 5.65 Å². The summed E-state index contributed by atoms with van der Waals surface area (Å²) < 4.78 is 0. The number of hydrogen-bond acceptors (Lipinski definition) is 6. The standard InChI is InChI=1S/C20H23Cl2N7O/c1-12-17(28(2)20-16-9-26-27-19(16)24-11-25-20)4-3-5-29(12)18(30)10-23-15-7-13(21)6-14(22)8-15/h6-9,11-12,17,23H,3-5,10H2,1-2H3,(H,24,25,26,27). The number of benzene rings is 1. The van der Waals surface area contributed by atoms with Crippen molar-refractivity contribution in [3.8, 4) is 0 Å². The number of aromatic nitrogens is 4. The van der Waals surface area contributed by atoms with Crippen molar-refractivity contribution >= 4 is 51.6 Å². The van der Waals surface area contributed by atoms with Crippen LogP contribution in [0.3, 0.4) is 0 Å². The van der Waals surface area contributed by atoms with E-state index in [1.54, 1.807) is 24.4 Å². The topological polar surface area (TPSA) is 90.0 Å². The number of anilines is 2. The number of rotatable bonds is 5. The largest absolute Gasteiger partial charge is 0.376 e. The maximum Gasteiger partial charge on any atom is 0.242 e. The summed E-state index contributed by atoms with van der Waals surface area (Å²) in [5, 5.41) is 12.0. The van der Waals surface area contributed by atoms with Gasteiger partial charge in [-0.2, -0.15) is 5.10 Å². The molecule has 1 amide bonds. The van der Waals surface area contributed by atoms with E-state index < -0.39 is 0 Å². The minimum atomic E-state index is 0.0258. The third-order valence-corrected chi connectivity index (χ3v) is 6.07. The molecule has 0 radical (unpaired) electrons. The van der Waals surface area contributed by atoms with Crippen LogP contribution in [0.1, 0.15) is 19.8 Å². The van der Waals surface area contributed by atoms with Crippen LogP contribution in [0.15, 0.2) is 30.7 Å². The molecule has 2 unspecified atom stereocenters. The molecule has 4 rings (SSSR count). The number of hydrogen-bond donors (Lipinski definition) is 2. The molecule has 8 nitrogen and oxygen atoms in total. The van der Waals surface area contributed by atoms with Gasteiger partial charge in [-0.1, -0.05) is 23.2 Å². The van der Waals surface area contributed by atoms with Gasteiger partial charge in [-0.05, 0) is 38.0 Å². The van der Waals surface area contributed by atoms with Crippen LogP contribution in [0, 0.1) is 0 Å². The number of aromatic amines is 1. The Hall–Kier alpha value is -2.58. The van der Waals surface area contributed by atoms with Gasteiger partial charge in [0, 0.05) is 35.4 Å². The molecule has 30 heavy (non-hydrogen) atoms. The number of nitrogens with one attached hydrogen (secondary N) is 2. The van der Waals surface area contributed by atoms with E-state index in [2.05, 4.69) is 37.3 Å².